The molecule has 6 nitrogen and oxygen atoms in total. The van der Waals surface area contributed by atoms with Gasteiger partial charge in [-0.25, -0.2) is 9.36 Å². The molecular formula is C8H10N2O4. The molecule has 0 atom stereocenters. The van der Waals surface area contributed by atoms with Gasteiger partial charge in [-0.05, 0) is 6.92 Å². The Balaban J connectivity index is 3.16. The highest BCUT2D eigenvalue weighted by Crippen LogP contribution is 1.81. The standard InChI is InChI=1S/C8H10N2O4/c1-5-3-6(11)10(8(13)9-5)4-7(12)14-2/h3H,4H2,1-2H3,(H,9,13). The quantitative estimate of drug-likeness (QED) is 0.619. The maximum absolute atomic E-state index is 11.2. The van der Waals surface area contributed by atoms with Crippen LogP contribution in [0.4, 0.5) is 0 Å². The molecule has 1 rings (SSSR count). The first kappa shape index (κ1) is 10.2. The number of aryl methyl sites for hydroxylation is 1. The van der Waals surface area contributed by atoms with E-state index in [9.17, 15) is 14.4 Å². The molecule has 0 radical (unpaired) electrons. The maximum atomic E-state index is 11.2. The second-order valence-corrected chi connectivity index (χ2v) is 2.76. The third-order valence-corrected chi connectivity index (χ3v) is 1.67. The molecule has 0 aliphatic rings. The molecular weight excluding hydrogens is 188 g/mol. The topological polar surface area (TPSA) is 81.2 Å². The summed E-state index contributed by atoms with van der Waals surface area (Å²) in [7, 11) is 1.19. The molecule has 0 fully saturated rings. The van der Waals surface area contributed by atoms with Gasteiger partial charge in [-0.15, -0.1) is 0 Å². The first-order chi connectivity index (χ1) is 6.54. The third kappa shape index (κ3) is 2.09. The Hall–Kier alpha value is -1.85. The SMILES string of the molecule is COC(=O)Cn1c(=O)cc(C)[nH]c1=O. The minimum Gasteiger partial charge on any atom is -0.468 e. The van der Waals surface area contributed by atoms with E-state index in [-0.39, 0.29) is 6.54 Å². The van der Waals surface area contributed by atoms with Crippen molar-refractivity contribution >= 4 is 5.97 Å². The molecule has 0 saturated carbocycles. The van der Waals surface area contributed by atoms with Crippen LogP contribution >= 0.6 is 0 Å². The number of carbonyl (C=O) groups is 1. The van der Waals surface area contributed by atoms with Gasteiger partial charge in [-0.1, -0.05) is 0 Å². The van der Waals surface area contributed by atoms with Crippen LogP contribution in [0, 0.1) is 6.92 Å². The van der Waals surface area contributed by atoms with E-state index in [0.717, 1.165) is 4.57 Å². The number of H-pyrrole nitrogens is 1. The van der Waals surface area contributed by atoms with Gasteiger partial charge in [-0.2, -0.15) is 0 Å². The normalized spacial score (nSPS) is 9.86. The Morgan fingerprint density at radius 1 is 1.57 bits per heavy atom. The summed E-state index contributed by atoms with van der Waals surface area (Å²) in [6, 6.07) is 1.24. The number of nitrogens with zero attached hydrogens (tertiary/aromatic N) is 1. The molecule has 0 unspecified atom stereocenters. The number of aromatic amines is 1. The number of aromatic nitrogens is 2. The van der Waals surface area contributed by atoms with Crippen LogP contribution in [0.5, 0.6) is 0 Å². The van der Waals surface area contributed by atoms with Crippen LogP contribution in [0.25, 0.3) is 0 Å². The molecule has 0 amide bonds. The van der Waals surface area contributed by atoms with Crippen molar-refractivity contribution in [1.29, 1.82) is 0 Å². The van der Waals surface area contributed by atoms with E-state index in [1.165, 1.54) is 13.2 Å². The number of hydrogen-bond donors (Lipinski definition) is 1. The van der Waals surface area contributed by atoms with Crippen LogP contribution < -0.4 is 11.2 Å². The number of carbonyl (C=O) groups excluding carboxylic acids is 1. The van der Waals surface area contributed by atoms with E-state index in [0.29, 0.717) is 5.69 Å². The van der Waals surface area contributed by atoms with Gasteiger partial charge in [-0.3, -0.25) is 9.59 Å². The van der Waals surface area contributed by atoms with Crippen LogP contribution in [0.2, 0.25) is 0 Å². The van der Waals surface area contributed by atoms with Crippen molar-refractivity contribution in [2.24, 2.45) is 0 Å². The summed E-state index contributed by atoms with van der Waals surface area (Å²) in [5, 5.41) is 0. The molecule has 0 aliphatic heterocycles. The number of esters is 1. The van der Waals surface area contributed by atoms with Crippen LogP contribution in [-0.4, -0.2) is 22.6 Å². The lowest BCUT2D eigenvalue weighted by molar-refractivity contribution is -0.141. The van der Waals surface area contributed by atoms with Crippen molar-refractivity contribution in [3.05, 3.63) is 32.6 Å². The highest BCUT2D eigenvalue weighted by atomic mass is 16.5. The summed E-state index contributed by atoms with van der Waals surface area (Å²) in [6.07, 6.45) is 0. The summed E-state index contributed by atoms with van der Waals surface area (Å²) >= 11 is 0. The molecule has 6 heteroatoms. The molecule has 0 bridgehead atoms. The van der Waals surface area contributed by atoms with Crippen molar-refractivity contribution in [3.8, 4) is 0 Å². The molecule has 0 aliphatic carbocycles. The Labute approximate surface area is 79.1 Å². The number of ether oxygens (including phenoxy) is 1. The van der Waals surface area contributed by atoms with Crippen molar-refractivity contribution in [1.82, 2.24) is 9.55 Å². The van der Waals surface area contributed by atoms with E-state index in [4.69, 9.17) is 0 Å². The van der Waals surface area contributed by atoms with E-state index in [1.54, 1.807) is 6.92 Å². The molecule has 0 spiro atoms. The molecule has 1 heterocycles. The zero-order valence-corrected chi connectivity index (χ0v) is 7.86. The van der Waals surface area contributed by atoms with E-state index < -0.39 is 17.2 Å². The lowest BCUT2D eigenvalue weighted by Crippen LogP contribution is -2.37. The number of rotatable bonds is 2. The van der Waals surface area contributed by atoms with Gasteiger partial charge < -0.3 is 9.72 Å². The molecule has 76 valence electrons. The predicted molar refractivity (Wildman–Crippen MR) is 48.1 cm³/mol. The van der Waals surface area contributed by atoms with E-state index >= 15 is 0 Å². The van der Waals surface area contributed by atoms with Crippen molar-refractivity contribution in [3.63, 3.8) is 0 Å². The fourth-order valence-corrected chi connectivity index (χ4v) is 0.979. The molecule has 0 saturated heterocycles. The Morgan fingerprint density at radius 3 is 2.71 bits per heavy atom. The Morgan fingerprint density at radius 2 is 2.21 bits per heavy atom. The van der Waals surface area contributed by atoms with Gasteiger partial charge in [0.15, 0.2) is 0 Å². The minimum atomic E-state index is -0.638. The summed E-state index contributed by atoms with van der Waals surface area (Å²) in [6.45, 7) is 1.22. The summed E-state index contributed by atoms with van der Waals surface area (Å²) in [5.41, 5.74) is -0.668. The van der Waals surface area contributed by atoms with E-state index in [1.807, 2.05) is 0 Å². The molecule has 0 aromatic carbocycles. The summed E-state index contributed by atoms with van der Waals surface area (Å²) in [4.78, 5) is 35.7. The van der Waals surface area contributed by atoms with Crippen molar-refractivity contribution in [2.45, 2.75) is 13.5 Å². The lowest BCUT2D eigenvalue weighted by atomic mass is 10.4. The molecule has 1 N–H and O–H groups in total. The summed E-state index contributed by atoms with van der Waals surface area (Å²) in [5.74, 6) is -0.638. The first-order valence-corrected chi connectivity index (χ1v) is 3.92. The lowest BCUT2D eigenvalue weighted by Gasteiger charge is -2.02. The number of hydrogen-bond acceptors (Lipinski definition) is 4. The zero-order valence-electron chi connectivity index (χ0n) is 7.86. The van der Waals surface area contributed by atoms with Gasteiger partial charge in [0.25, 0.3) is 5.56 Å². The minimum absolute atomic E-state index is 0.370. The zero-order chi connectivity index (χ0) is 10.7. The Bertz CT molecular complexity index is 426. The van der Waals surface area contributed by atoms with Gasteiger partial charge >= 0.3 is 11.7 Å². The molecule has 1 aromatic rings. The highest BCUT2D eigenvalue weighted by Gasteiger charge is 2.07. The average molecular weight is 198 g/mol. The smallest absolute Gasteiger partial charge is 0.329 e. The number of nitrogens with one attached hydrogen (secondary N) is 1. The average Bonchev–Trinajstić information content (AvgIpc) is 2.10. The third-order valence-electron chi connectivity index (χ3n) is 1.67. The second-order valence-electron chi connectivity index (χ2n) is 2.76. The fourth-order valence-electron chi connectivity index (χ4n) is 0.979. The van der Waals surface area contributed by atoms with Crippen LogP contribution in [0.3, 0.4) is 0 Å². The monoisotopic (exact) mass is 198 g/mol. The molecule has 1 aromatic heterocycles. The van der Waals surface area contributed by atoms with Crippen LogP contribution in [0.15, 0.2) is 15.7 Å². The van der Waals surface area contributed by atoms with Crippen LogP contribution in [-0.2, 0) is 16.1 Å². The Kier molecular flexibility index (Phi) is 2.85. The highest BCUT2D eigenvalue weighted by molar-refractivity contribution is 5.68. The fraction of sp³-hybridized carbons (Fsp3) is 0.375. The van der Waals surface area contributed by atoms with Gasteiger partial charge in [0.05, 0.1) is 7.11 Å². The van der Waals surface area contributed by atoms with Gasteiger partial charge in [0, 0.05) is 11.8 Å². The summed E-state index contributed by atoms with van der Waals surface area (Å²) < 4.78 is 5.12. The van der Waals surface area contributed by atoms with Gasteiger partial charge in [0.2, 0.25) is 0 Å². The second kappa shape index (κ2) is 3.91. The maximum Gasteiger partial charge on any atom is 0.329 e. The largest absolute Gasteiger partial charge is 0.468 e. The van der Waals surface area contributed by atoms with Crippen molar-refractivity contribution < 1.29 is 9.53 Å². The van der Waals surface area contributed by atoms with E-state index in [2.05, 4.69) is 9.72 Å². The first-order valence-electron chi connectivity index (χ1n) is 3.92. The number of methoxy groups -OCH3 is 1. The van der Waals surface area contributed by atoms with Crippen LogP contribution in [0.1, 0.15) is 5.69 Å². The van der Waals surface area contributed by atoms with Crippen molar-refractivity contribution in [2.75, 3.05) is 7.11 Å². The predicted octanol–water partition coefficient (Wildman–Crippen LogP) is -0.982. The molecule has 14 heavy (non-hydrogen) atoms. The van der Waals surface area contributed by atoms with Gasteiger partial charge in [0.1, 0.15) is 6.54 Å².